The molecule has 2 aromatic rings. The normalized spacial score (nSPS) is 18.8. The zero-order chi connectivity index (χ0) is 13.9. The number of fused-ring (bicyclic) bond motifs is 1. The second-order valence-corrected chi connectivity index (χ2v) is 6.48. The van der Waals surface area contributed by atoms with E-state index < -0.39 is 0 Å². The zero-order valence-corrected chi connectivity index (χ0v) is 12.5. The van der Waals surface area contributed by atoms with Gasteiger partial charge < -0.3 is 0 Å². The number of benzene rings is 2. The van der Waals surface area contributed by atoms with Crippen molar-refractivity contribution in [2.45, 2.75) is 30.2 Å². The molecule has 3 N–H and O–H groups in total. The molecule has 0 radical (unpaired) electrons. The van der Waals surface area contributed by atoms with Crippen LogP contribution in [0.2, 0.25) is 0 Å². The van der Waals surface area contributed by atoms with Crippen LogP contribution in [0.1, 0.15) is 22.6 Å². The first-order chi connectivity index (χ1) is 9.78. The summed E-state index contributed by atoms with van der Waals surface area (Å²) in [6.45, 7) is 2.13. The Morgan fingerprint density at radius 3 is 2.90 bits per heavy atom. The van der Waals surface area contributed by atoms with Gasteiger partial charge >= 0.3 is 0 Å². The topological polar surface area (TPSA) is 38.0 Å². The van der Waals surface area contributed by atoms with Gasteiger partial charge in [-0.15, -0.1) is 11.8 Å². The third kappa shape index (κ3) is 2.75. The van der Waals surface area contributed by atoms with Crippen molar-refractivity contribution < 1.29 is 0 Å². The average molecular weight is 284 g/mol. The summed E-state index contributed by atoms with van der Waals surface area (Å²) >= 11 is 1.94. The lowest BCUT2D eigenvalue weighted by Gasteiger charge is -2.23. The van der Waals surface area contributed by atoms with E-state index in [1.165, 1.54) is 21.6 Å². The van der Waals surface area contributed by atoms with Gasteiger partial charge in [-0.2, -0.15) is 0 Å². The minimum Gasteiger partial charge on any atom is -0.271 e. The molecule has 1 aliphatic heterocycles. The van der Waals surface area contributed by atoms with Crippen molar-refractivity contribution in [2.75, 3.05) is 5.75 Å². The number of nitrogens with two attached hydrogens (primary N) is 1. The summed E-state index contributed by atoms with van der Waals surface area (Å²) in [6.07, 6.45) is 0.970. The maximum Gasteiger partial charge on any atom is 0.0327 e. The molecule has 2 atom stereocenters. The van der Waals surface area contributed by atoms with Gasteiger partial charge in [0.15, 0.2) is 0 Å². The Bertz CT molecular complexity index is 597. The summed E-state index contributed by atoms with van der Waals surface area (Å²) in [7, 11) is 0. The van der Waals surface area contributed by atoms with E-state index in [0.29, 0.717) is 5.92 Å². The quantitative estimate of drug-likeness (QED) is 0.668. The van der Waals surface area contributed by atoms with Crippen LogP contribution in [0.15, 0.2) is 53.4 Å². The molecular weight excluding hydrogens is 264 g/mol. The van der Waals surface area contributed by atoms with E-state index in [0.717, 1.165) is 12.2 Å². The van der Waals surface area contributed by atoms with Crippen molar-refractivity contribution in [3.05, 3.63) is 65.2 Å². The average Bonchev–Trinajstić information content (AvgIpc) is 2.89. The minimum atomic E-state index is 0.285. The van der Waals surface area contributed by atoms with Crippen LogP contribution in [-0.4, -0.2) is 11.8 Å². The molecule has 0 spiro atoms. The van der Waals surface area contributed by atoms with E-state index in [-0.39, 0.29) is 6.04 Å². The van der Waals surface area contributed by atoms with Crippen LogP contribution < -0.4 is 11.3 Å². The SMILES string of the molecule is Cc1cccc(CC(NN)C2CSc3ccccc32)c1. The van der Waals surface area contributed by atoms with Crippen LogP contribution in [0.3, 0.4) is 0 Å². The highest BCUT2D eigenvalue weighted by atomic mass is 32.2. The van der Waals surface area contributed by atoms with Gasteiger partial charge in [-0.3, -0.25) is 11.3 Å². The van der Waals surface area contributed by atoms with Crippen LogP contribution in [0.4, 0.5) is 0 Å². The van der Waals surface area contributed by atoms with Crippen molar-refractivity contribution in [3.8, 4) is 0 Å². The Labute approximate surface area is 124 Å². The molecule has 0 saturated carbocycles. The Morgan fingerprint density at radius 1 is 1.25 bits per heavy atom. The largest absolute Gasteiger partial charge is 0.271 e. The molecule has 1 heterocycles. The molecule has 1 aliphatic rings. The first-order valence-corrected chi connectivity index (χ1v) is 8.00. The van der Waals surface area contributed by atoms with Crippen molar-refractivity contribution in [1.82, 2.24) is 5.43 Å². The fourth-order valence-corrected chi connectivity index (χ4v) is 4.26. The van der Waals surface area contributed by atoms with E-state index >= 15 is 0 Å². The number of hydrazine groups is 1. The fourth-order valence-electron chi connectivity index (χ4n) is 2.93. The molecule has 2 nitrogen and oxygen atoms in total. The molecule has 0 aromatic heterocycles. The van der Waals surface area contributed by atoms with Crippen LogP contribution >= 0.6 is 11.8 Å². The van der Waals surface area contributed by atoms with Crippen molar-refractivity contribution in [2.24, 2.45) is 5.84 Å². The summed E-state index contributed by atoms with van der Waals surface area (Å²) in [5.74, 6) is 7.44. The molecule has 2 unspecified atom stereocenters. The molecule has 0 saturated heterocycles. The maximum absolute atomic E-state index is 5.84. The Balaban J connectivity index is 1.81. The van der Waals surface area contributed by atoms with E-state index in [2.05, 4.69) is 60.9 Å². The minimum absolute atomic E-state index is 0.285. The third-order valence-electron chi connectivity index (χ3n) is 3.97. The van der Waals surface area contributed by atoms with Crippen LogP contribution in [-0.2, 0) is 6.42 Å². The first-order valence-electron chi connectivity index (χ1n) is 7.01. The molecule has 3 heteroatoms. The van der Waals surface area contributed by atoms with Gasteiger partial charge in [0.05, 0.1) is 0 Å². The van der Waals surface area contributed by atoms with Crippen molar-refractivity contribution in [3.63, 3.8) is 0 Å². The lowest BCUT2D eigenvalue weighted by atomic mass is 9.89. The Kier molecular flexibility index (Phi) is 4.10. The second kappa shape index (κ2) is 6.00. The van der Waals surface area contributed by atoms with Crippen molar-refractivity contribution >= 4 is 11.8 Å². The molecule has 0 aliphatic carbocycles. The van der Waals surface area contributed by atoms with Crippen LogP contribution in [0.5, 0.6) is 0 Å². The van der Waals surface area contributed by atoms with E-state index in [1.807, 2.05) is 11.8 Å². The molecule has 0 amide bonds. The Morgan fingerprint density at radius 2 is 2.10 bits per heavy atom. The number of hydrogen-bond acceptors (Lipinski definition) is 3. The Hall–Kier alpha value is -1.29. The first kappa shape index (κ1) is 13.7. The number of aryl methyl sites for hydroxylation is 1. The molecule has 20 heavy (non-hydrogen) atoms. The molecule has 104 valence electrons. The van der Waals surface area contributed by atoms with Crippen LogP contribution in [0, 0.1) is 6.92 Å². The second-order valence-electron chi connectivity index (χ2n) is 5.42. The third-order valence-corrected chi connectivity index (χ3v) is 5.18. The van der Waals surface area contributed by atoms with E-state index in [9.17, 15) is 0 Å². The summed E-state index contributed by atoms with van der Waals surface area (Å²) in [6, 6.07) is 17.7. The van der Waals surface area contributed by atoms with Gasteiger partial charge in [0.2, 0.25) is 0 Å². The highest BCUT2D eigenvalue weighted by Crippen LogP contribution is 2.41. The maximum atomic E-state index is 5.84. The molecule has 2 aromatic carbocycles. The van der Waals surface area contributed by atoms with Gasteiger partial charge in [0.1, 0.15) is 0 Å². The van der Waals surface area contributed by atoms with Gasteiger partial charge in [-0.1, -0.05) is 48.0 Å². The van der Waals surface area contributed by atoms with Gasteiger partial charge in [0.25, 0.3) is 0 Å². The molecule has 0 fully saturated rings. The summed E-state index contributed by atoms with van der Waals surface area (Å²) < 4.78 is 0. The van der Waals surface area contributed by atoms with Gasteiger partial charge in [0, 0.05) is 22.6 Å². The molecule has 3 rings (SSSR count). The number of hydrogen-bond donors (Lipinski definition) is 2. The summed E-state index contributed by atoms with van der Waals surface area (Å²) in [5.41, 5.74) is 7.13. The lowest BCUT2D eigenvalue weighted by molar-refractivity contribution is 0.463. The zero-order valence-electron chi connectivity index (χ0n) is 11.7. The smallest absolute Gasteiger partial charge is 0.0327 e. The van der Waals surface area contributed by atoms with E-state index in [4.69, 9.17) is 5.84 Å². The highest BCUT2D eigenvalue weighted by molar-refractivity contribution is 7.99. The van der Waals surface area contributed by atoms with Crippen LogP contribution in [0.25, 0.3) is 0 Å². The number of nitrogens with one attached hydrogen (secondary N) is 1. The predicted octanol–water partition coefficient (Wildman–Crippen LogP) is 3.26. The van der Waals surface area contributed by atoms with Gasteiger partial charge in [-0.05, 0) is 30.5 Å². The molecule has 0 bridgehead atoms. The molecular formula is C17H20N2S. The monoisotopic (exact) mass is 284 g/mol. The summed E-state index contributed by atoms with van der Waals surface area (Å²) in [4.78, 5) is 1.40. The van der Waals surface area contributed by atoms with Gasteiger partial charge in [-0.25, -0.2) is 0 Å². The fraction of sp³-hybridized carbons (Fsp3) is 0.294. The lowest BCUT2D eigenvalue weighted by Crippen LogP contribution is -2.41. The highest BCUT2D eigenvalue weighted by Gasteiger charge is 2.29. The van der Waals surface area contributed by atoms with E-state index in [1.54, 1.807) is 0 Å². The summed E-state index contributed by atoms with van der Waals surface area (Å²) in [5, 5.41) is 0. The number of thioether (sulfide) groups is 1. The van der Waals surface area contributed by atoms with Crippen molar-refractivity contribution in [1.29, 1.82) is 0 Å². The number of rotatable bonds is 4. The standard InChI is InChI=1S/C17H20N2S/c1-12-5-4-6-13(9-12)10-16(19-18)15-11-20-17-8-3-2-7-14(15)17/h2-9,15-16,19H,10-11,18H2,1H3. The predicted molar refractivity (Wildman–Crippen MR) is 85.9 cm³/mol.